The van der Waals surface area contributed by atoms with Gasteiger partial charge in [0.25, 0.3) is 10.2 Å². The summed E-state index contributed by atoms with van der Waals surface area (Å²) in [5.74, 6) is 1.35. The first kappa shape index (κ1) is 21.7. The van der Waals surface area contributed by atoms with Crippen LogP contribution in [0.2, 0.25) is 0 Å². The van der Waals surface area contributed by atoms with Crippen LogP contribution >= 0.6 is 0 Å². The molecule has 7 heteroatoms. The molecule has 0 aliphatic heterocycles. The van der Waals surface area contributed by atoms with Crippen LogP contribution < -0.4 is 9.46 Å². The summed E-state index contributed by atoms with van der Waals surface area (Å²) in [6.45, 7) is 11.7. The zero-order valence-corrected chi connectivity index (χ0v) is 18.4. The van der Waals surface area contributed by atoms with Crippen molar-refractivity contribution in [2.24, 2.45) is 5.92 Å². The third-order valence-corrected chi connectivity index (χ3v) is 5.61. The zero-order valence-electron chi connectivity index (χ0n) is 17.5. The SMILES string of the molecule is CC(C)Cn1cc(CCNS(=O)(=O)N(C)C)c2ccc(OC(C)(C)C)cc21. The Kier molecular flexibility index (Phi) is 6.60. The molecule has 0 saturated carbocycles. The first-order chi connectivity index (χ1) is 12.4. The number of rotatable bonds is 8. The van der Waals surface area contributed by atoms with E-state index < -0.39 is 10.2 Å². The van der Waals surface area contributed by atoms with E-state index in [1.807, 2.05) is 26.8 Å². The van der Waals surface area contributed by atoms with Crippen LogP contribution in [0.4, 0.5) is 0 Å². The van der Waals surface area contributed by atoms with Gasteiger partial charge in [0, 0.05) is 44.8 Å². The molecule has 0 amide bonds. The fraction of sp³-hybridized carbons (Fsp3) is 0.600. The second-order valence-corrected chi connectivity index (χ2v) is 10.5. The van der Waals surface area contributed by atoms with Crippen molar-refractivity contribution in [3.8, 4) is 5.75 Å². The van der Waals surface area contributed by atoms with E-state index in [2.05, 4.69) is 41.5 Å². The minimum absolute atomic E-state index is 0.254. The maximum atomic E-state index is 11.9. The van der Waals surface area contributed by atoms with E-state index in [1.54, 1.807) is 0 Å². The van der Waals surface area contributed by atoms with Gasteiger partial charge in [0.1, 0.15) is 11.4 Å². The molecule has 0 bridgehead atoms. The van der Waals surface area contributed by atoms with E-state index in [1.165, 1.54) is 18.4 Å². The van der Waals surface area contributed by atoms with Crippen molar-refractivity contribution in [2.75, 3.05) is 20.6 Å². The molecule has 0 unspecified atom stereocenters. The number of nitrogens with one attached hydrogen (secondary N) is 1. The monoisotopic (exact) mass is 395 g/mol. The topological polar surface area (TPSA) is 63.6 Å². The maximum absolute atomic E-state index is 11.9. The summed E-state index contributed by atoms with van der Waals surface area (Å²) >= 11 is 0. The number of aromatic nitrogens is 1. The lowest BCUT2D eigenvalue weighted by molar-refractivity contribution is 0.131. The Balaban J connectivity index is 2.31. The Morgan fingerprint density at radius 2 is 1.89 bits per heavy atom. The van der Waals surface area contributed by atoms with Crippen LogP contribution in [0.3, 0.4) is 0 Å². The molecule has 1 N–H and O–H groups in total. The van der Waals surface area contributed by atoms with E-state index >= 15 is 0 Å². The second kappa shape index (κ2) is 8.20. The summed E-state index contributed by atoms with van der Waals surface area (Å²) in [7, 11) is -0.361. The summed E-state index contributed by atoms with van der Waals surface area (Å²) in [4.78, 5) is 0. The predicted octanol–water partition coefficient (Wildman–Crippen LogP) is 3.41. The van der Waals surface area contributed by atoms with Crippen LogP contribution in [0.5, 0.6) is 5.75 Å². The molecular formula is C20H33N3O3S. The van der Waals surface area contributed by atoms with Gasteiger partial charge in [-0.15, -0.1) is 0 Å². The van der Waals surface area contributed by atoms with Crippen LogP contribution in [-0.2, 0) is 23.2 Å². The van der Waals surface area contributed by atoms with Gasteiger partial charge >= 0.3 is 0 Å². The van der Waals surface area contributed by atoms with E-state index in [0.29, 0.717) is 18.9 Å². The maximum Gasteiger partial charge on any atom is 0.278 e. The molecule has 27 heavy (non-hydrogen) atoms. The number of hydrogen-bond acceptors (Lipinski definition) is 3. The standard InChI is InChI=1S/C20H33N3O3S/c1-15(2)13-23-14-16(10-11-21-27(24,25)22(6)7)18-9-8-17(12-19(18)23)26-20(3,4)5/h8-9,12,14-15,21H,10-11,13H2,1-7H3. The zero-order chi connectivity index (χ0) is 20.4. The van der Waals surface area contributed by atoms with Crippen LogP contribution in [0.25, 0.3) is 10.9 Å². The molecule has 1 heterocycles. The second-order valence-electron chi connectivity index (χ2n) is 8.53. The number of benzene rings is 1. The lowest BCUT2D eigenvalue weighted by atomic mass is 10.1. The summed E-state index contributed by atoms with van der Waals surface area (Å²) in [6.07, 6.45) is 2.77. The highest BCUT2D eigenvalue weighted by Gasteiger charge is 2.16. The molecule has 6 nitrogen and oxygen atoms in total. The first-order valence-corrected chi connectivity index (χ1v) is 10.8. The van der Waals surface area contributed by atoms with Crippen LogP contribution in [0.1, 0.15) is 40.2 Å². The van der Waals surface area contributed by atoms with Crippen LogP contribution in [0.15, 0.2) is 24.4 Å². The molecule has 152 valence electrons. The van der Waals surface area contributed by atoms with Gasteiger partial charge in [0.2, 0.25) is 0 Å². The molecule has 0 radical (unpaired) electrons. The average molecular weight is 396 g/mol. The number of hydrogen-bond donors (Lipinski definition) is 1. The van der Waals surface area contributed by atoms with Gasteiger partial charge in [0.05, 0.1) is 5.52 Å². The summed E-state index contributed by atoms with van der Waals surface area (Å²) < 4.78 is 35.9. The highest BCUT2D eigenvalue weighted by Crippen LogP contribution is 2.28. The van der Waals surface area contributed by atoms with Crippen LogP contribution in [-0.4, -0.2) is 43.5 Å². The molecule has 0 fully saturated rings. The largest absolute Gasteiger partial charge is 0.488 e. The van der Waals surface area contributed by atoms with Crippen molar-refractivity contribution in [3.05, 3.63) is 30.0 Å². The summed E-state index contributed by atoms with van der Waals surface area (Å²) in [5.41, 5.74) is 2.00. The Morgan fingerprint density at radius 1 is 1.22 bits per heavy atom. The number of nitrogens with zero attached hydrogens (tertiary/aromatic N) is 2. The molecule has 0 aliphatic rings. The van der Waals surface area contributed by atoms with Gasteiger partial charge in [-0.1, -0.05) is 13.8 Å². The lowest BCUT2D eigenvalue weighted by Gasteiger charge is -2.21. The molecule has 0 spiro atoms. The van der Waals surface area contributed by atoms with Gasteiger partial charge in [-0.05, 0) is 50.8 Å². The number of fused-ring (bicyclic) bond motifs is 1. The third-order valence-electron chi connectivity index (χ3n) is 4.08. The molecular weight excluding hydrogens is 362 g/mol. The van der Waals surface area contributed by atoms with E-state index in [0.717, 1.165) is 28.8 Å². The highest BCUT2D eigenvalue weighted by molar-refractivity contribution is 7.87. The van der Waals surface area contributed by atoms with E-state index in [4.69, 9.17) is 4.74 Å². The van der Waals surface area contributed by atoms with Gasteiger partial charge in [-0.3, -0.25) is 0 Å². The molecule has 0 atom stereocenters. The first-order valence-electron chi connectivity index (χ1n) is 9.37. The molecule has 1 aromatic heterocycles. The average Bonchev–Trinajstić information content (AvgIpc) is 2.82. The van der Waals surface area contributed by atoms with Crippen LogP contribution in [0, 0.1) is 5.92 Å². The van der Waals surface area contributed by atoms with Crippen molar-refractivity contribution < 1.29 is 13.2 Å². The van der Waals surface area contributed by atoms with Crippen molar-refractivity contribution in [1.82, 2.24) is 13.6 Å². The van der Waals surface area contributed by atoms with E-state index in [9.17, 15) is 8.42 Å². The molecule has 0 saturated heterocycles. The smallest absolute Gasteiger partial charge is 0.278 e. The van der Waals surface area contributed by atoms with Crippen molar-refractivity contribution in [1.29, 1.82) is 0 Å². The summed E-state index contributed by atoms with van der Waals surface area (Å²) in [6, 6.07) is 6.14. The molecule has 2 aromatic rings. The molecule has 1 aromatic carbocycles. The Morgan fingerprint density at radius 3 is 2.44 bits per heavy atom. The third kappa shape index (κ3) is 5.96. The lowest BCUT2D eigenvalue weighted by Crippen LogP contribution is -2.36. The quantitative estimate of drug-likeness (QED) is 0.745. The van der Waals surface area contributed by atoms with Gasteiger partial charge < -0.3 is 9.30 Å². The van der Waals surface area contributed by atoms with Crippen molar-refractivity contribution >= 4 is 21.1 Å². The fourth-order valence-corrected chi connectivity index (χ4v) is 3.57. The number of ether oxygens (including phenoxy) is 1. The predicted molar refractivity (Wildman–Crippen MR) is 111 cm³/mol. The van der Waals surface area contributed by atoms with E-state index in [-0.39, 0.29) is 5.60 Å². The molecule has 0 aliphatic carbocycles. The fourth-order valence-electron chi connectivity index (χ4n) is 2.95. The Hall–Kier alpha value is -1.57. The Labute approximate surface area is 163 Å². The van der Waals surface area contributed by atoms with Gasteiger partial charge in [-0.2, -0.15) is 12.7 Å². The minimum atomic E-state index is -3.40. The normalized spacial score (nSPS) is 13.1. The van der Waals surface area contributed by atoms with Crippen molar-refractivity contribution in [3.63, 3.8) is 0 Å². The Bertz CT molecular complexity index is 878. The summed E-state index contributed by atoms with van der Waals surface area (Å²) in [5, 5.41) is 1.14. The van der Waals surface area contributed by atoms with Gasteiger partial charge in [0.15, 0.2) is 0 Å². The minimum Gasteiger partial charge on any atom is -0.488 e. The molecule has 2 rings (SSSR count). The van der Waals surface area contributed by atoms with Gasteiger partial charge in [-0.25, -0.2) is 4.72 Å². The highest BCUT2D eigenvalue weighted by atomic mass is 32.2. The van der Waals surface area contributed by atoms with Crippen molar-refractivity contribution in [2.45, 2.75) is 53.2 Å².